The van der Waals surface area contributed by atoms with Crippen molar-refractivity contribution in [3.05, 3.63) is 28.3 Å². The van der Waals surface area contributed by atoms with E-state index in [2.05, 4.69) is 12.2 Å². The smallest absolute Gasteiger partial charge is 0.270 e. The molecule has 1 aromatic rings. The highest BCUT2D eigenvalue weighted by atomic mass is 32.2. The van der Waals surface area contributed by atoms with Crippen LogP contribution >= 0.6 is 11.9 Å². The normalized spacial score (nSPS) is 10.3. The molecule has 0 saturated heterocycles. The number of nitrogens with two attached hydrogens (primary N) is 1. The Kier molecular flexibility index (Phi) is 6.53. The maximum atomic E-state index is 10.6. The summed E-state index contributed by atoms with van der Waals surface area (Å²) in [5, 5.41) is 19.4. The van der Waals surface area contributed by atoms with E-state index in [1.165, 1.54) is 31.4 Å². The second-order valence-corrected chi connectivity index (χ2v) is 4.72. The maximum absolute atomic E-state index is 10.6. The first-order valence-electron chi connectivity index (χ1n) is 6.08. The number of hydrogen-bond donors (Lipinski definition) is 2. The van der Waals surface area contributed by atoms with E-state index in [0.717, 1.165) is 30.6 Å². The number of benzene rings is 1. The first-order valence-corrected chi connectivity index (χ1v) is 6.96. The lowest BCUT2D eigenvalue weighted by Crippen LogP contribution is -2.03. The second kappa shape index (κ2) is 7.94. The van der Waals surface area contributed by atoms with Crippen molar-refractivity contribution in [2.75, 3.05) is 11.9 Å². The summed E-state index contributed by atoms with van der Waals surface area (Å²) in [4.78, 5) is 10.9. The molecular weight excluding hydrogens is 250 g/mol. The van der Waals surface area contributed by atoms with Crippen LogP contribution in [-0.2, 0) is 0 Å². The summed E-state index contributed by atoms with van der Waals surface area (Å²) in [5.41, 5.74) is 0.934. The molecule has 0 aliphatic rings. The quantitative estimate of drug-likeness (QED) is 0.326. The minimum absolute atomic E-state index is 0.0690. The summed E-state index contributed by atoms with van der Waals surface area (Å²) in [7, 11) is 0. The number of nitrogens with one attached hydrogen (secondary N) is 1. The Morgan fingerprint density at radius 3 is 2.78 bits per heavy atom. The summed E-state index contributed by atoms with van der Waals surface area (Å²) in [6.07, 6.45) is 4.74. The number of nitro benzene ring substituents is 1. The largest absolute Gasteiger partial charge is 0.384 e. The number of non-ortho nitro benzene ring substituents is 1. The minimum atomic E-state index is -0.412. The highest BCUT2D eigenvalue weighted by Crippen LogP contribution is 2.28. The average molecular weight is 269 g/mol. The maximum Gasteiger partial charge on any atom is 0.270 e. The molecule has 0 aliphatic carbocycles. The molecule has 0 fully saturated rings. The highest BCUT2D eigenvalue weighted by molar-refractivity contribution is 7.97. The SMILES string of the molecule is CCCCCCNc1ccc([N+](=O)[O-])cc1SN. The van der Waals surface area contributed by atoms with Gasteiger partial charge in [-0.25, -0.2) is 0 Å². The molecule has 0 bridgehead atoms. The average Bonchev–Trinajstić information content (AvgIpc) is 2.38. The molecule has 0 unspecified atom stereocenters. The first-order chi connectivity index (χ1) is 8.69. The van der Waals surface area contributed by atoms with E-state index in [9.17, 15) is 10.1 Å². The Morgan fingerprint density at radius 2 is 2.17 bits per heavy atom. The molecule has 0 amide bonds. The Balaban J connectivity index is 2.57. The van der Waals surface area contributed by atoms with Crippen molar-refractivity contribution in [3.63, 3.8) is 0 Å². The molecule has 0 radical (unpaired) electrons. The number of rotatable bonds is 8. The molecule has 0 heterocycles. The third-order valence-electron chi connectivity index (χ3n) is 2.65. The Labute approximate surface area is 111 Å². The van der Waals surface area contributed by atoms with Gasteiger partial charge in [0.15, 0.2) is 0 Å². The molecule has 0 spiro atoms. The molecule has 5 nitrogen and oxygen atoms in total. The van der Waals surface area contributed by atoms with Crippen molar-refractivity contribution < 1.29 is 4.92 Å². The van der Waals surface area contributed by atoms with Gasteiger partial charge in [0.05, 0.1) is 9.82 Å². The van der Waals surface area contributed by atoms with Gasteiger partial charge in [-0.3, -0.25) is 15.3 Å². The summed E-state index contributed by atoms with van der Waals surface area (Å²) in [6.45, 7) is 3.04. The van der Waals surface area contributed by atoms with E-state index in [-0.39, 0.29) is 5.69 Å². The Hall–Kier alpha value is -1.27. The van der Waals surface area contributed by atoms with Crippen molar-refractivity contribution >= 4 is 23.3 Å². The molecule has 18 heavy (non-hydrogen) atoms. The Bertz CT molecular complexity index is 399. The lowest BCUT2D eigenvalue weighted by molar-refractivity contribution is -0.385. The van der Waals surface area contributed by atoms with E-state index in [1.807, 2.05) is 0 Å². The predicted molar refractivity (Wildman–Crippen MR) is 75.8 cm³/mol. The third-order valence-corrected chi connectivity index (χ3v) is 3.24. The van der Waals surface area contributed by atoms with Crippen LogP contribution in [0.1, 0.15) is 32.6 Å². The summed E-state index contributed by atoms with van der Waals surface area (Å²) < 4.78 is 0. The van der Waals surface area contributed by atoms with Crippen molar-refractivity contribution in [2.24, 2.45) is 5.14 Å². The zero-order valence-corrected chi connectivity index (χ0v) is 11.3. The van der Waals surface area contributed by atoms with Gasteiger partial charge in [0.2, 0.25) is 0 Å². The minimum Gasteiger partial charge on any atom is -0.384 e. The van der Waals surface area contributed by atoms with Crippen molar-refractivity contribution in [1.29, 1.82) is 0 Å². The number of anilines is 1. The Morgan fingerprint density at radius 1 is 1.39 bits per heavy atom. The van der Waals surface area contributed by atoms with Gasteiger partial charge in [-0.15, -0.1) is 0 Å². The van der Waals surface area contributed by atoms with Gasteiger partial charge in [0.1, 0.15) is 0 Å². The van der Waals surface area contributed by atoms with Crippen LogP contribution in [0.3, 0.4) is 0 Å². The van der Waals surface area contributed by atoms with Gasteiger partial charge in [-0.1, -0.05) is 26.2 Å². The monoisotopic (exact) mass is 269 g/mol. The van der Waals surface area contributed by atoms with Gasteiger partial charge in [-0.2, -0.15) is 0 Å². The first kappa shape index (κ1) is 14.8. The van der Waals surface area contributed by atoms with Gasteiger partial charge in [-0.05, 0) is 24.4 Å². The topological polar surface area (TPSA) is 81.2 Å². The van der Waals surface area contributed by atoms with Crippen LogP contribution in [0.2, 0.25) is 0 Å². The van der Waals surface area contributed by atoms with Crippen molar-refractivity contribution in [3.8, 4) is 0 Å². The van der Waals surface area contributed by atoms with Crippen LogP contribution in [0, 0.1) is 10.1 Å². The molecule has 3 N–H and O–H groups in total. The fourth-order valence-corrected chi connectivity index (χ4v) is 2.10. The number of unbranched alkanes of at least 4 members (excludes halogenated alkanes) is 3. The van der Waals surface area contributed by atoms with Crippen LogP contribution in [0.4, 0.5) is 11.4 Å². The van der Waals surface area contributed by atoms with Gasteiger partial charge in [0.25, 0.3) is 5.69 Å². The molecular formula is C12H19N3O2S. The van der Waals surface area contributed by atoms with Crippen LogP contribution in [0.15, 0.2) is 23.1 Å². The number of nitrogens with zero attached hydrogens (tertiary/aromatic N) is 1. The number of hydrogen-bond acceptors (Lipinski definition) is 5. The number of nitro groups is 1. The van der Waals surface area contributed by atoms with E-state index >= 15 is 0 Å². The lowest BCUT2D eigenvalue weighted by atomic mass is 10.2. The predicted octanol–water partition coefficient (Wildman–Crippen LogP) is 3.55. The molecule has 6 heteroatoms. The molecule has 0 atom stereocenters. The molecule has 0 aromatic heterocycles. The standard InChI is InChI=1S/C12H19N3O2S/c1-2-3-4-5-8-14-11-7-6-10(15(16)17)9-12(11)18-13/h6-7,9,14H,2-5,8,13H2,1H3. The summed E-state index contributed by atoms with van der Waals surface area (Å²) in [6, 6.07) is 4.71. The fourth-order valence-electron chi connectivity index (χ4n) is 1.64. The molecule has 0 aliphatic heterocycles. The van der Waals surface area contributed by atoms with E-state index in [0.29, 0.717) is 4.90 Å². The summed E-state index contributed by atoms with van der Waals surface area (Å²) >= 11 is 1.03. The van der Waals surface area contributed by atoms with Crippen LogP contribution in [0.5, 0.6) is 0 Å². The zero-order valence-electron chi connectivity index (χ0n) is 10.5. The van der Waals surface area contributed by atoms with Gasteiger partial charge < -0.3 is 5.32 Å². The molecule has 1 rings (SSSR count). The van der Waals surface area contributed by atoms with Crippen molar-refractivity contribution in [2.45, 2.75) is 37.5 Å². The highest BCUT2D eigenvalue weighted by Gasteiger charge is 2.10. The fraction of sp³-hybridized carbons (Fsp3) is 0.500. The van der Waals surface area contributed by atoms with Crippen molar-refractivity contribution in [1.82, 2.24) is 0 Å². The lowest BCUT2D eigenvalue weighted by Gasteiger charge is -2.09. The molecule has 100 valence electrons. The summed E-state index contributed by atoms with van der Waals surface area (Å²) in [5.74, 6) is 0. The van der Waals surface area contributed by atoms with Gasteiger partial charge >= 0.3 is 0 Å². The zero-order chi connectivity index (χ0) is 13.4. The van der Waals surface area contributed by atoms with Gasteiger partial charge in [0, 0.05) is 24.4 Å². The molecule has 1 aromatic carbocycles. The van der Waals surface area contributed by atoms with E-state index in [4.69, 9.17) is 5.14 Å². The van der Waals surface area contributed by atoms with Crippen LogP contribution in [-0.4, -0.2) is 11.5 Å². The van der Waals surface area contributed by atoms with E-state index < -0.39 is 4.92 Å². The van der Waals surface area contributed by atoms with Crippen LogP contribution in [0.25, 0.3) is 0 Å². The molecule has 0 saturated carbocycles. The van der Waals surface area contributed by atoms with E-state index in [1.54, 1.807) is 6.07 Å². The third kappa shape index (κ3) is 4.54. The van der Waals surface area contributed by atoms with Crippen LogP contribution < -0.4 is 10.5 Å². The second-order valence-electron chi connectivity index (χ2n) is 4.04.